The number of ether oxygens (including phenoxy) is 1. The second-order valence-corrected chi connectivity index (χ2v) is 6.96. The lowest BCUT2D eigenvalue weighted by atomic mass is 10.1. The first-order chi connectivity index (χ1) is 11.7. The molecule has 122 valence electrons. The molecule has 1 aliphatic rings. The maximum absolute atomic E-state index is 12.0. The number of carbonyl (C=O) groups excluding carboxylic acids is 1. The summed E-state index contributed by atoms with van der Waals surface area (Å²) in [6.07, 6.45) is 3.25. The molecule has 2 aromatic heterocycles. The summed E-state index contributed by atoms with van der Waals surface area (Å²) in [6.45, 7) is 0. The number of nitrogens with zero attached hydrogens (tertiary/aromatic N) is 2. The number of nitrogens with one attached hydrogen (secondary N) is 1. The van der Waals surface area contributed by atoms with E-state index in [0.29, 0.717) is 17.1 Å². The summed E-state index contributed by atoms with van der Waals surface area (Å²) in [4.78, 5) is 22.9. The van der Waals surface area contributed by atoms with Gasteiger partial charge in [-0.25, -0.2) is 9.78 Å². The van der Waals surface area contributed by atoms with Crippen molar-refractivity contribution in [1.82, 2.24) is 9.97 Å². The number of halogens is 1. The number of thiophene rings is 1. The predicted octanol–water partition coefficient (Wildman–Crippen LogP) is 4.36. The second kappa shape index (κ2) is 6.03. The third-order valence-electron chi connectivity index (χ3n) is 4.12. The first-order valence-electron chi connectivity index (χ1n) is 7.59. The summed E-state index contributed by atoms with van der Waals surface area (Å²) in [5, 5.41) is 4.46. The molecule has 24 heavy (non-hydrogen) atoms. The smallest absolute Gasteiger partial charge is 0.339 e. The zero-order chi connectivity index (χ0) is 16.7. The van der Waals surface area contributed by atoms with Crippen LogP contribution in [0.2, 0.25) is 5.28 Å². The standard InChI is InChI=1S/C17H14ClN3O2S/c1-23-16(22)9-5-2-3-7-11(9)19-14-13-10-6-4-8-12(10)24-15(13)21-17(18)20-14/h2-3,5,7H,4,6,8H2,1H3,(H,19,20,21). The molecule has 0 amide bonds. The predicted molar refractivity (Wildman–Crippen MR) is 95.5 cm³/mol. The van der Waals surface area contributed by atoms with Crippen LogP contribution in [0.15, 0.2) is 24.3 Å². The number of rotatable bonds is 3. The van der Waals surface area contributed by atoms with Crippen LogP contribution in [0.1, 0.15) is 27.2 Å². The van der Waals surface area contributed by atoms with E-state index in [-0.39, 0.29) is 5.28 Å². The molecule has 1 aliphatic carbocycles. The number of aromatic nitrogens is 2. The molecule has 7 heteroatoms. The van der Waals surface area contributed by atoms with Crippen molar-refractivity contribution in [3.63, 3.8) is 0 Å². The van der Waals surface area contributed by atoms with Crippen LogP contribution < -0.4 is 5.32 Å². The Hall–Kier alpha value is -2.18. The topological polar surface area (TPSA) is 64.1 Å². The highest BCUT2D eigenvalue weighted by Crippen LogP contribution is 2.40. The lowest BCUT2D eigenvalue weighted by Crippen LogP contribution is -2.06. The number of benzene rings is 1. The van der Waals surface area contributed by atoms with Gasteiger partial charge in [0.1, 0.15) is 10.6 Å². The fourth-order valence-corrected chi connectivity index (χ4v) is 4.55. The van der Waals surface area contributed by atoms with Gasteiger partial charge in [-0.2, -0.15) is 4.98 Å². The average molecular weight is 360 g/mol. The summed E-state index contributed by atoms with van der Waals surface area (Å²) >= 11 is 7.77. The van der Waals surface area contributed by atoms with E-state index in [1.807, 2.05) is 12.1 Å². The number of fused-ring (bicyclic) bond motifs is 3. The minimum atomic E-state index is -0.398. The Labute approximate surface area is 147 Å². The Morgan fingerprint density at radius 2 is 2.12 bits per heavy atom. The molecule has 3 aromatic rings. The quantitative estimate of drug-likeness (QED) is 0.556. The molecule has 4 rings (SSSR count). The van der Waals surface area contributed by atoms with Gasteiger partial charge in [0.2, 0.25) is 5.28 Å². The number of carbonyl (C=O) groups is 1. The monoisotopic (exact) mass is 359 g/mol. The highest BCUT2D eigenvalue weighted by Gasteiger charge is 2.23. The molecule has 1 N–H and O–H groups in total. The number of esters is 1. The number of para-hydroxylation sites is 1. The Morgan fingerprint density at radius 1 is 1.29 bits per heavy atom. The summed E-state index contributed by atoms with van der Waals surface area (Å²) < 4.78 is 4.85. The van der Waals surface area contributed by atoms with Crippen LogP contribution in [0.3, 0.4) is 0 Å². The van der Waals surface area contributed by atoms with Gasteiger partial charge in [-0.15, -0.1) is 11.3 Å². The van der Waals surface area contributed by atoms with Crippen LogP contribution in [-0.2, 0) is 17.6 Å². The summed E-state index contributed by atoms with van der Waals surface area (Å²) in [5.41, 5.74) is 2.39. The molecule has 0 aliphatic heterocycles. The van der Waals surface area contributed by atoms with Crippen LogP contribution >= 0.6 is 22.9 Å². The molecule has 0 saturated carbocycles. The van der Waals surface area contributed by atoms with Gasteiger partial charge in [0.05, 0.1) is 23.7 Å². The Morgan fingerprint density at radius 3 is 2.96 bits per heavy atom. The van der Waals surface area contributed by atoms with E-state index in [9.17, 15) is 4.79 Å². The lowest BCUT2D eigenvalue weighted by molar-refractivity contribution is 0.0602. The molecule has 5 nitrogen and oxygen atoms in total. The molecule has 1 aromatic carbocycles. The van der Waals surface area contributed by atoms with Crippen LogP contribution in [0.4, 0.5) is 11.5 Å². The molecule has 0 atom stereocenters. The number of hydrogen-bond donors (Lipinski definition) is 1. The van der Waals surface area contributed by atoms with E-state index >= 15 is 0 Å². The van der Waals surface area contributed by atoms with Gasteiger partial charge in [-0.1, -0.05) is 12.1 Å². The van der Waals surface area contributed by atoms with Crippen molar-refractivity contribution >= 4 is 50.6 Å². The molecule has 2 heterocycles. The van der Waals surface area contributed by atoms with Gasteiger partial charge in [0, 0.05) is 4.88 Å². The van der Waals surface area contributed by atoms with Crippen molar-refractivity contribution in [2.45, 2.75) is 19.3 Å². The minimum absolute atomic E-state index is 0.195. The van der Waals surface area contributed by atoms with Gasteiger partial charge in [0.25, 0.3) is 0 Å². The van der Waals surface area contributed by atoms with E-state index in [1.54, 1.807) is 23.5 Å². The van der Waals surface area contributed by atoms with E-state index in [4.69, 9.17) is 16.3 Å². The van der Waals surface area contributed by atoms with Crippen LogP contribution in [-0.4, -0.2) is 23.0 Å². The molecular formula is C17H14ClN3O2S. The molecule has 0 unspecified atom stereocenters. The number of anilines is 2. The Kier molecular flexibility index (Phi) is 3.86. The summed E-state index contributed by atoms with van der Waals surface area (Å²) in [6, 6.07) is 7.18. The average Bonchev–Trinajstić information content (AvgIpc) is 3.14. The van der Waals surface area contributed by atoms with Gasteiger partial charge >= 0.3 is 5.97 Å². The van der Waals surface area contributed by atoms with E-state index < -0.39 is 5.97 Å². The first kappa shape index (κ1) is 15.4. The maximum atomic E-state index is 12.0. The molecule has 0 fully saturated rings. The molecular weight excluding hydrogens is 346 g/mol. The SMILES string of the molecule is COC(=O)c1ccccc1Nc1nc(Cl)nc2sc3c(c12)CCC3. The van der Waals surface area contributed by atoms with Crippen molar-refractivity contribution in [3.05, 3.63) is 45.6 Å². The van der Waals surface area contributed by atoms with Crippen LogP contribution in [0, 0.1) is 0 Å². The first-order valence-corrected chi connectivity index (χ1v) is 8.79. The Balaban J connectivity index is 1.85. The number of hydrogen-bond acceptors (Lipinski definition) is 6. The van der Waals surface area contributed by atoms with Crippen molar-refractivity contribution in [2.75, 3.05) is 12.4 Å². The van der Waals surface area contributed by atoms with E-state index in [2.05, 4.69) is 15.3 Å². The number of methoxy groups -OCH3 is 1. The zero-order valence-electron chi connectivity index (χ0n) is 12.9. The summed E-state index contributed by atoms with van der Waals surface area (Å²) in [5.74, 6) is 0.241. The lowest BCUT2D eigenvalue weighted by Gasteiger charge is -2.11. The molecule has 0 saturated heterocycles. The third-order valence-corrected chi connectivity index (χ3v) is 5.48. The van der Waals surface area contributed by atoms with E-state index in [1.165, 1.54) is 17.6 Å². The molecule has 0 radical (unpaired) electrons. The van der Waals surface area contributed by atoms with Gasteiger partial charge in [-0.3, -0.25) is 0 Å². The van der Waals surface area contributed by atoms with Crippen LogP contribution in [0.25, 0.3) is 10.2 Å². The van der Waals surface area contributed by atoms with Crippen molar-refractivity contribution in [2.24, 2.45) is 0 Å². The Bertz CT molecular complexity index is 954. The third kappa shape index (κ3) is 2.52. The van der Waals surface area contributed by atoms with Crippen LogP contribution in [0.5, 0.6) is 0 Å². The van der Waals surface area contributed by atoms with Crippen molar-refractivity contribution in [1.29, 1.82) is 0 Å². The second-order valence-electron chi connectivity index (χ2n) is 5.54. The fraction of sp³-hybridized carbons (Fsp3) is 0.235. The molecule has 0 bridgehead atoms. The largest absolute Gasteiger partial charge is 0.465 e. The molecule has 0 spiro atoms. The highest BCUT2D eigenvalue weighted by molar-refractivity contribution is 7.19. The zero-order valence-corrected chi connectivity index (χ0v) is 14.5. The van der Waals surface area contributed by atoms with E-state index in [0.717, 1.165) is 29.5 Å². The van der Waals surface area contributed by atoms with Gasteiger partial charge < -0.3 is 10.1 Å². The minimum Gasteiger partial charge on any atom is -0.465 e. The summed E-state index contributed by atoms with van der Waals surface area (Å²) in [7, 11) is 1.37. The van der Waals surface area contributed by atoms with Gasteiger partial charge in [0.15, 0.2) is 0 Å². The fourth-order valence-electron chi connectivity index (χ4n) is 3.07. The maximum Gasteiger partial charge on any atom is 0.339 e. The normalized spacial score (nSPS) is 13.1. The number of aryl methyl sites for hydroxylation is 2. The van der Waals surface area contributed by atoms with Crippen molar-refractivity contribution < 1.29 is 9.53 Å². The highest BCUT2D eigenvalue weighted by atomic mass is 35.5. The van der Waals surface area contributed by atoms with Gasteiger partial charge in [-0.05, 0) is 48.6 Å². The van der Waals surface area contributed by atoms with Crippen molar-refractivity contribution in [3.8, 4) is 0 Å².